The summed E-state index contributed by atoms with van der Waals surface area (Å²) >= 11 is 3.50. The van der Waals surface area contributed by atoms with Crippen molar-refractivity contribution < 1.29 is 14.2 Å². The van der Waals surface area contributed by atoms with Gasteiger partial charge in [-0.1, -0.05) is 12.1 Å². The zero-order valence-corrected chi connectivity index (χ0v) is 18.0. The average molecular weight is 442 g/mol. The molecule has 6 nitrogen and oxygen atoms in total. The van der Waals surface area contributed by atoms with E-state index in [0.29, 0.717) is 12.6 Å². The number of nitrogens with zero attached hydrogens (tertiary/aromatic N) is 1. The molecular formula is C20H32BrN3O3. The molecule has 1 atom stereocenters. The van der Waals surface area contributed by atoms with Crippen molar-refractivity contribution in [3.8, 4) is 5.75 Å². The molecule has 7 heteroatoms. The Hall–Kier alpha value is -1.31. The second-order valence-electron chi connectivity index (χ2n) is 6.54. The van der Waals surface area contributed by atoms with Crippen LogP contribution in [0.15, 0.2) is 33.7 Å². The van der Waals surface area contributed by atoms with E-state index in [9.17, 15) is 0 Å². The first-order valence-electron chi connectivity index (χ1n) is 9.81. The quantitative estimate of drug-likeness (QED) is 0.331. The average Bonchev–Trinajstić information content (AvgIpc) is 2.68. The van der Waals surface area contributed by atoms with Crippen LogP contribution in [0.5, 0.6) is 5.75 Å². The van der Waals surface area contributed by atoms with Crippen LogP contribution >= 0.6 is 15.9 Å². The van der Waals surface area contributed by atoms with Gasteiger partial charge in [0.05, 0.1) is 17.1 Å². The summed E-state index contributed by atoms with van der Waals surface area (Å²) in [6.45, 7) is 8.72. The molecule has 27 heavy (non-hydrogen) atoms. The summed E-state index contributed by atoms with van der Waals surface area (Å²) in [5.41, 5.74) is 0. The molecule has 1 heterocycles. The third-order valence-corrected chi connectivity index (χ3v) is 4.81. The molecular weight excluding hydrogens is 410 g/mol. The van der Waals surface area contributed by atoms with Gasteiger partial charge in [-0.15, -0.1) is 0 Å². The standard InChI is InChI=1S/C20H32BrN3O3/c1-3-22-20(23-11-6-12-26-17-9-13-25-14-10-17)24-15-16(2)27-19-8-5-4-7-18(19)21/h4-5,7-8,16-17H,3,6,9-15H2,1-2H3,(H2,22,23,24). The second kappa shape index (κ2) is 13.0. The molecule has 0 aromatic heterocycles. The van der Waals surface area contributed by atoms with Crippen molar-refractivity contribution in [1.82, 2.24) is 10.6 Å². The van der Waals surface area contributed by atoms with Gasteiger partial charge in [0.15, 0.2) is 5.96 Å². The van der Waals surface area contributed by atoms with Crippen molar-refractivity contribution in [2.24, 2.45) is 4.99 Å². The molecule has 0 radical (unpaired) electrons. The van der Waals surface area contributed by atoms with Gasteiger partial charge in [-0.3, -0.25) is 0 Å². The monoisotopic (exact) mass is 441 g/mol. The lowest BCUT2D eigenvalue weighted by Gasteiger charge is -2.22. The van der Waals surface area contributed by atoms with E-state index < -0.39 is 0 Å². The molecule has 1 aliphatic heterocycles. The molecule has 1 aliphatic rings. The molecule has 152 valence electrons. The lowest BCUT2D eigenvalue weighted by molar-refractivity contribution is -0.0320. The Labute approximate surface area is 171 Å². The largest absolute Gasteiger partial charge is 0.488 e. The van der Waals surface area contributed by atoms with E-state index in [1.165, 1.54) is 0 Å². The minimum atomic E-state index is -0.0176. The van der Waals surface area contributed by atoms with E-state index in [-0.39, 0.29) is 6.10 Å². The first-order chi connectivity index (χ1) is 13.2. The van der Waals surface area contributed by atoms with Crippen LogP contribution in [0.4, 0.5) is 0 Å². The molecule has 0 bridgehead atoms. The molecule has 1 unspecified atom stereocenters. The van der Waals surface area contributed by atoms with Crippen LogP contribution in [-0.4, -0.2) is 57.6 Å². The first kappa shape index (κ1) is 22.0. The van der Waals surface area contributed by atoms with E-state index in [1.54, 1.807) is 0 Å². The number of guanidine groups is 1. The van der Waals surface area contributed by atoms with E-state index >= 15 is 0 Å². The zero-order chi connectivity index (χ0) is 19.3. The van der Waals surface area contributed by atoms with Crippen molar-refractivity contribution in [2.75, 3.05) is 39.5 Å². The fourth-order valence-corrected chi connectivity index (χ4v) is 3.11. The van der Waals surface area contributed by atoms with Gasteiger partial charge in [0, 0.05) is 32.9 Å². The minimum Gasteiger partial charge on any atom is -0.488 e. The van der Waals surface area contributed by atoms with E-state index in [0.717, 1.165) is 68.4 Å². The van der Waals surface area contributed by atoms with Gasteiger partial charge in [-0.2, -0.15) is 0 Å². The SMILES string of the molecule is CCNC(=NCC(C)Oc1ccccc1Br)NCCCOC1CCOCC1. The van der Waals surface area contributed by atoms with Gasteiger partial charge >= 0.3 is 0 Å². The normalized spacial score (nSPS) is 16.8. The zero-order valence-electron chi connectivity index (χ0n) is 16.4. The van der Waals surface area contributed by atoms with Crippen LogP contribution in [0, 0.1) is 0 Å². The van der Waals surface area contributed by atoms with E-state index in [2.05, 4.69) is 38.5 Å². The topological polar surface area (TPSA) is 64.1 Å². The van der Waals surface area contributed by atoms with Crippen LogP contribution in [-0.2, 0) is 9.47 Å². The molecule has 1 aromatic carbocycles. The third kappa shape index (κ3) is 8.95. The minimum absolute atomic E-state index is 0.0176. The number of ether oxygens (including phenoxy) is 3. The first-order valence-corrected chi connectivity index (χ1v) is 10.6. The number of para-hydroxylation sites is 1. The van der Waals surface area contributed by atoms with Gasteiger partial charge in [0.25, 0.3) is 0 Å². The molecule has 0 aliphatic carbocycles. The molecule has 2 N–H and O–H groups in total. The Balaban J connectivity index is 1.67. The van der Waals surface area contributed by atoms with Gasteiger partial charge in [-0.25, -0.2) is 4.99 Å². The fourth-order valence-electron chi connectivity index (χ4n) is 2.73. The molecule has 1 aromatic rings. The number of hydrogen-bond donors (Lipinski definition) is 2. The number of benzene rings is 1. The maximum Gasteiger partial charge on any atom is 0.191 e. The summed E-state index contributed by atoms with van der Waals surface area (Å²) in [4.78, 5) is 4.62. The summed E-state index contributed by atoms with van der Waals surface area (Å²) < 4.78 is 18.1. The lowest BCUT2D eigenvalue weighted by Crippen LogP contribution is -2.39. The molecule has 0 amide bonds. The highest BCUT2D eigenvalue weighted by Crippen LogP contribution is 2.24. The van der Waals surface area contributed by atoms with E-state index in [1.807, 2.05) is 31.2 Å². The predicted molar refractivity (Wildman–Crippen MR) is 113 cm³/mol. The summed E-state index contributed by atoms with van der Waals surface area (Å²) in [6.07, 6.45) is 3.30. The van der Waals surface area contributed by atoms with Gasteiger partial charge in [-0.05, 0) is 61.2 Å². The number of halogens is 1. The van der Waals surface area contributed by atoms with Crippen molar-refractivity contribution >= 4 is 21.9 Å². The Morgan fingerprint density at radius 3 is 2.81 bits per heavy atom. The highest BCUT2D eigenvalue weighted by atomic mass is 79.9. The van der Waals surface area contributed by atoms with Crippen molar-refractivity contribution in [3.63, 3.8) is 0 Å². The van der Waals surface area contributed by atoms with Crippen molar-refractivity contribution in [3.05, 3.63) is 28.7 Å². The van der Waals surface area contributed by atoms with Gasteiger partial charge in [0.1, 0.15) is 11.9 Å². The maximum atomic E-state index is 5.94. The highest BCUT2D eigenvalue weighted by molar-refractivity contribution is 9.10. The molecule has 1 fully saturated rings. The van der Waals surface area contributed by atoms with Crippen LogP contribution in [0.1, 0.15) is 33.1 Å². The van der Waals surface area contributed by atoms with Gasteiger partial charge in [0.2, 0.25) is 0 Å². The highest BCUT2D eigenvalue weighted by Gasteiger charge is 2.13. The Morgan fingerprint density at radius 1 is 1.30 bits per heavy atom. The van der Waals surface area contributed by atoms with Gasteiger partial charge < -0.3 is 24.8 Å². The van der Waals surface area contributed by atoms with Crippen LogP contribution in [0.25, 0.3) is 0 Å². The predicted octanol–water partition coefficient (Wildman–Crippen LogP) is 3.36. The number of rotatable bonds is 10. The lowest BCUT2D eigenvalue weighted by atomic mass is 10.1. The van der Waals surface area contributed by atoms with Crippen LogP contribution < -0.4 is 15.4 Å². The fraction of sp³-hybridized carbons (Fsp3) is 0.650. The number of nitrogens with one attached hydrogen (secondary N) is 2. The van der Waals surface area contributed by atoms with Crippen LogP contribution in [0.2, 0.25) is 0 Å². The smallest absolute Gasteiger partial charge is 0.191 e. The number of aliphatic imine (C=N–C) groups is 1. The summed E-state index contributed by atoms with van der Waals surface area (Å²) in [5.74, 6) is 1.65. The van der Waals surface area contributed by atoms with Crippen LogP contribution in [0.3, 0.4) is 0 Å². The number of hydrogen-bond acceptors (Lipinski definition) is 4. The summed E-state index contributed by atoms with van der Waals surface area (Å²) in [7, 11) is 0. The van der Waals surface area contributed by atoms with Crippen molar-refractivity contribution in [2.45, 2.75) is 45.3 Å². The Morgan fingerprint density at radius 2 is 2.07 bits per heavy atom. The summed E-state index contributed by atoms with van der Waals surface area (Å²) in [6, 6.07) is 7.86. The molecule has 0 spiro atoms. The molecule has 2 rings (SSSR count). The second-order valence-corrected chi connectivity index (χ2v) is 7.40. The summed E-state index contributed by atoms with van der Waals surface area (Å²) in [5, 5.41) is 6.63. The maximum absolute atomic E-state index is 5.94. The van der Waals surface area contributed by atoms with Crippen molar-refractivity contribution in [1.29, 1.82) is 0 Å². The Bertz CT molecular complexity index is 565. The van der Waals surface area contributed by atoms with E-state index in [4.69, 9.17) is 14.2 Å². The third-order valence-electron chi connectivity index (χ3n) is 4.15. The Kier molecular flexibility index (Phi) is 10.6. The molecule has 1 saturated heterocycles. The molecule has 0 saturated carbocycles.